The van der Waals surface area contributed by atoms with Crippen molar-refractivity contribution in [3.05, 3.63) is 47.8 Å². The van der Waals surface area contributed by atoms with E-state index in [1.807, 2.05) is 36.4 Å². The Labute approximate surface area is 127 Å². The number of para-hydroxylation sites is 1. The van der Waals surface area contributed by atoms with Gasteiger partial charge >= 0.3 is 0 Å². The van der Waals surface area contributed by atoms with Crippen LogP contribution >= 0.6 is 12.2 Å². The number of pyridine rings is 1. The first-order valence-corrected chi connectivity index (χ1v) is 7.35. The Morgan fingerprint density at radius 2 is 2.10 bits per heavy atom. The summed E-state index contributed by atoms with van der Waals surface area (Å²) in [6.07, 6.45) is 5.70. The van der Waals surface area contributed by atoms with E-state index >= 15 is 0 Å². The lowest BCUT2D eigenvalue weighted by atomic mass is 10.1. The zero-order chi connectivity index (χ0) is 14.4. The number of carbonyl (C=O) groups excluding carboxylic acids is 1. The van der Waals surface area contributed by atoms with E-state index in [2.05, 4.69) is 10.3 Å². The van der Waals surface area contributed by atoms with Gasteiger partial charge in [-0.05, 0) is 48.8 Å². The Kier molecular flexibility index (Phi) is 2.75. The lowest BCUT2D eigenvalue weighted by molar-refractivity contribution is -0.122. The number of fused-ring (bicyclic) bond motifs is 1. The molecule has 2 aliphatic rings. The molecule has 4 nitrogen and oxygen atoms in total. The average Bonchev–Trinajstić information content (AvgIpc) is 3.27. The lowest BCUT2D eigenvalue weighted by Crippen LogP contribution is -2.32. The minimum atomic E-state index is -0.0246. The summed E-state index contributed by atoms with van der Waals surface area (Å²) in [5.74, 6) is -0.0246. The zero-order valence-electron chi connectivity index (χ0n) is 11.2. The minimum Gasteiger partial charge on any atom is -0.328 e. The number of amides is 1. The Morgan fingerprint density at radius 3 is 2.90 bits per heavy atom. The molecule has 4 rings (SSSR count). The van der Waals surface area contributed by atoms with Gasteiger partial charge in [0.05, 0.1) is 5.52 Å². The van der Waals surface area contributed by atoms with Gasteiger partial charge in [0.25, 0.3) is 5.91 Å². The molecule has 1 amide bonds. The van der Waals surface area contributed by atoms with Gasteiger partial charge in [-0.3, -0.25) is 14.7 Å². The van der Waals surface area contributed by atoms with Crippen LogP contribution in [-0.2, 0) is 4.79 Å². The van der Waals surface area contributed by atoms with Crippen molar-refractivity contribution in [1.82, 2.24) is 15.2 Å². The first-order chi connectivity index (χ1) is 10.2. The number of benzene rings is 1. The van der Waals surface area contributed by atoms with Crippen LogP contribution in [-0.4, -0.2) is 26.9 Å². The molecule has 2 fully saturated rings. The summed E-state index contributed by atoms with van der Waals surface area (Å²) in [5.41, 5.74) is 2.43. The first kappa shape index (κ1) is 12.5. The van der Waals surface area contributed by atoms with Crippen molar-refractivity contribution in [2.24, 2.45) is 0 Å². The number of nitrogens with one attached hydrogen (secondary N) is 1. The molecular weight excluding hydrogens is 282 g/mol. The predicted molar refractivity (Wildman–Crippen MR) is 85.3 cm³/mol. The number of carbonyl (C=O) groups is 1. The van der Waals surface area contributed by atoms with E-state index in [4.69, 9.17) is 12.2 Å². The van der Waals surface area contributed by atoms with Crippen molar-refractivity contribution < 1.29 is 4.79 Å². The van der Waals surface area contributed by atoms with E-state index < -0.39 is 0 Å². The van der Waals surface area contributed by atoms with Crippen LogP contribution in [0.1, 0.15) is 18.4 Å². The highest BCUT2D eigenvalue weighted by Gasteiger charge is 2.41. The SMILES string of the molecule is O=C1/C(=C\c2ccnc3ccccc23)NC(=S)N1C1CC1. The van der Waals surface area contributed by atoms with Gasteiger partial charge < -0.3 is 5.32 Å². The van der Waals surface area contributed by atoms with Gasteiger partial charge in [-0.15, -0.1) is 0 Å². The third kappa shape index (κ3) is 2.10. The van der Waals surface area contributed by atoms with Gasteiger partial charge in [-0.1, -0.05) is 18.2 Å². The van der Waals surface area contributed by atoms with E-state index in [1.165, 1.54) is 0 Å². The van der Waals surface area contributed by atoms with Crippen molar-refractivity contribution in [3.63, 3.8) is 0 Å². The van der Waals surface area contributed by atoms with Crippen molar-refractivity contribution in [2.75, 3.05) is 0 Å². The molecule has 1 aromatic carbocycles. The Balaban J connectivity index is 1.77. The maximum absolute atomic E-state index is 12.4. The standard InChI is InChI=1S/C16H13N3OS/c20-15-14(18-16(21)19(15)11-5-6-11)9-10-7-8-17-13-4-2-1-3-12(10)13/h1-4,7-9,11H,5-6H2,(H,18,21)/b14-9+. The minimum absolute atomic E-state index is 0.0246. The fourth-order valence-electron chi connectivity index (χ4n) is 2.61. The number of thiocarbonyl (C=S) groups is 1. The number of hydrogen-bond donors (Lipinski definition) is 1. The zero-order valence-corrected chi connectivity index (χ0v) is 12.1. The molecule has 2 heterocycles. The highest BCUT2D eigenvalue weighted by atomic mass is 32.1. The molecule has 0 radical (unpaired) electrons. The van der Waals surface area contributed by atoms with Gasteiger partial charge in [0, 0.05) is 17.6 Å². The number of aromatic nitrogens is 1. The second-order valence-corrected chi connectivity index (χ2v) is 5.70. The smallest absolute Gasteiger partial charge is 0.276 e. The fraction of sp³-hybridized carbons (Fsp3) is 0.188. The third-order valence-corrected chi connectivity index (χ3v) is 4.10. The van der Waals surface area contributed by atoms with Crippen LogP contribution in [0.25, 0.3) is 17.0 Å². The van der Waals surface area contributed by atoms with E-state index in [9.17, 15) is 4.79 Å². The van der Waals surface area contributed by atoms with Crippen LogP contribution in [0.15, 0.2) is 42.2 Å². The van der Waals surface area contributed by atoms with Gasteiger partial charge in [-0.2, -0.15) is 0 Å². The van der Waals surface area contributed by atoms with Gasteiger partial charge in [0.1, 0.15) is 5.70 Å². The molecule has 21 heavy (non-hydrogen) atoms. The highest BCUT2D eigenvalue weighted by molar-refractivity contribution is 7.80. The highest BCUT2D eigenvalue weighted by Crippen LogP contribution is 2.31. The fourth-order valence-corrected chi connectivity index (χ4v) is 2.95. The van der Waals surface area contributed by atoms with Crippen LogP contribution in [0.3, 0.4) is 0 Å². The number of nitrogens with zero attached hydrogens (tertiary/aromatic N) is 2. The van der Waals surface area contributed by atoms with E-state index in [0.717, 1.165) is 29.3 Å². The van der Waals surface area contributed by atoms with Gasteiger partial charge in [0.2, 0.25) is 0 Å². The van der Waals surface area contributed by atoms with E-state index in [-0.39, 0.29) is 11.9 Å². The average molecular weight is 295 g/mol. The van der Waals surface area contributed by atoms with Crippen molar-refractivity contribution in [1.29, 1.82) is 0 Å². The van der Waals surface area contributed by atoms with Crippen LogP contribution in [0, 0.1) is 0 Å². The molecule has 1 aromatic heterocycles. The van der Waals surface area contributed by atoms with Crippen molar-refractivity contribution >= 4 is 40.2 Å². The summed E-state index contributed by atoms with van der Waals surface area (Å²) in [7, 11) is 0. The second kappa shape index (κ2) is 4.63. The van der Waals surface area contributed by atoms with E-state index in [0.29, 0.717) is 10.8 Å². The summed E-state index contributed by atoms with van der Waals surface area (Å²) < 4.78 is 0. The monoisotopic (exact) mass is 295 g/mol. The summed E-state index contributed by atoms with van der Waals surface area (Å²) in [6.45, 7) is 0. The van der Waals surface area contributed by atoms with Crippen LogP contribution in [0.2, 0.25) is 0 Å². The molecule has 1 saturated carbocycles. The molecule has 1 aliphatic carbocycles. The van der Waals surface area contributed by atoms with Crippen LogP contribution in [0.4, 0.5) is 0 Å². The molecule has 2 aromatic rings. The summed E-state index contributed by atoms with van der Waals surface area (Å²) in [5, 5.41) is 4.58. The molecule has 1 N–H and O–H groups in total. The van der Waals surface area contributed by atoms with Crippen molar-refractivity contribution in [3.8, 4) is 0 Å². The predicted octanol–water partition coefficient (Wildman–Crippen LogP) is 2.45. The second-order valence-electron chi connectivity index (χ2n) is 5.31. The quantitative estimate of drug-likeness (QED) is 0.683. The van der Waals surface area contributed by atoms with Gasteiger partial charge in [0.15, 0.2) is 5.11 Å². The Morgan fingerprint density at radius 1 is 1.29 bits per heavy atom. The molecule has 0 spiro atoms. The third-order valence-electron chi connectivity index (χ3n) is 3.80. The maximum atomic E-state index is 12.4. The number of hydrogen-bond acceptors (Lipinski definition) is 3. The van der Waals surface area contributed by atoms with E-state index in [1.54, 1.807) is 11.1 Å². The van der Waals surface area contributed by atoms with Crippen LogP contribution in [0.5, 0.6) is 0 Å². The molecule has 104 valence electrons. The lowest BCUT2D eigenvalue weighted by Gasteiger charge is -2.11. The largest absolute Gasteiger partial charge is 0.328 e. The van der Waals surface area contributed by atoms with Crippen molar-refractivity contribution in [2.45, 2.75) is 18.9 Å². The molecule has 0 unspecified atom stereocenters. The maximum Gasteiger partial charge on any atom is 0.276 e. The molecule has 1 saturated heterocycles. The topological polar surface area (TPSA) is 45.2 Å². The summed E-state index contributed by atoms with van der Waals surface area (Å²) in [6, 6.07) is 10.1. The summed E-state index contributed by atoms with van der Waals surface area (Å²) >= 11 is 5.26. The Hall–Kier alpha value is -2.27. The summed E-state index contributed by atoms with van der Waals surface area (Å²) in [4.78, 5) is 18.5. The molecule has 5 heteroatoms. The number of rotatable bonds is 2. The Bertz CT molecular complexity index is 790. The first-order valence-electron chi connectivity index (χ1n) is 6.94. The normalized spacial score (nSPS) is 20.4. The molecular formula is C16H13N3OS. The molecule has 0 atom stereocenters. The molecule has 1 aliphatic heterocycles. The molecule has 0 bridgehead atoms. The van der Waals surface area contributed by atoms with Crippen LogP contribution < -0.4 is 5.32 Å². The van der Waals surface area contributed by atoms with Gasteiger partial charge in [-0.25, -0.2) is 0 Å².